The molecule has 27 heavy (non-hydrogen) atoms. The number of aromatic nitrogens is 2. The Balaban J connectivity index is 1.42. The first kappa shape index (κ1) is 17.0. The van der Waals surface area contributed by atoms with Gasteiger partial charge in [0.2, 0.25) is 0 Å². The van der Waals surface area contributed by atoms with E-state index in [1.54, 1.807) is 0 Å². The van der Waals surface area contributed by atoms with Gasteiger partial charge in [-0.15, -0.1) is 0 Å². The maximum atomic E-state index is 12.9. The van der Waals surface area contributed by atoms with Crippen molar-refractivity contribution < 1.29 is 9.90 Å². The molecule has 1 saturated heterocycles. The lowest BCUT2D eigenvalue weighted by atomic mass is 9.93. The first-order valence-corrected chi connectivity index (χ1v) is 10.2. The lowest BCUT2D eigenvalue weighted by molar-refractivity contribution is 0.0764. The molecule has 1 aromatic heterocycles. The maximum absolute atomic E-state index is 12.9. The zero-order chi connectivity index (χ0) is 18.8. The highest BCUT2D eigenvalue weighted by Crippen LogP contribution is 2.60. The van der Waals surface area contributed by atoms with Gasteiger partial charge in [0.05, 0.1) is 17.1 Å². The van der Waals surface area contributed by atoms with Crippen molar-refractivity contribution in [2.75, 3.05) is 13.1 Å². The van der Waals surface area contributed by atoms with E-state index < -0.39 is 0 Å². The average Bonchev–Trinajstić information content (AvgIpc) is 3.07. The van der Waals surface area contributed by atoms with Crippen LogP contribution in [-0.4, -0.2) is 44.7 Å². The van der Waals surface area contributed by atoms with Crippen LogP contribution >= 0.6 is 0 Å². The van der Waals surface area contributed by atoms with E-state index in [1.807, 2.05) is 27.7 Å². The van der Waals surface area contributed by atoms with Gasteiger partial charge < -0.3 is 15.0 Å². The summed E-state index contributed by atoms with van der Waals surface area (Å²) in [6.45, 7) is 3.96. The average molecular weight is 369 g/mol. The molecule has 0 radical (unpaired) electrons. The van der Waals surface area contributed by atoms with E-state index in [2.05, 4.69) is 11.9 Å². The number of benzene rings is 1. The normalized spacial score (nSPS) is 32.7. The standard InChI is InChI=1S/C21H27N3O3/c1-2-21-10-14(21)11-23(12-21)19(26)13-3-8-18-17(9-13)22-20(27)24(18)15-4-6-16(25)7-5-15/h3,8-9,14-16,25H,2,4-7,10-12H2,1H3,(H,22,27). The van der Waals surface area contributed by atoms with Crippen LogP contribution < -0.4 is 5.69 Å². The number of piperidine rings is 1. The SMILES string of the molecule is CCC12CC1CN(C(=O)c1ccc3c(c1)[nH]c(=O)n3C1CCC(O)CC1)C2. The van der Waals surface area contributed by atoms with Crippen LogP contribution in [0, 0.1) is 11.3 Å². The summed E-state index contributed by atoms with van der Waals surface area (Å²) >= 11 is 0. The number of aliphatic hydroxyl groups excluding tert-OH is 1. The summed E-state index contributed by atoms with van der Waals surface area (Å²) < 4.78 is 1.81. The third-order valence-electron chi connectivity index (χ3n) is 7.29. The van der Waals surface area contributed by atoms with Crippen LogP contribution in [0.25, 0.3) is 11.0 Å². The van der Waals surface area contributed by atoms with E-state index in [9.17, 15) is 14.7 Å². The van der Waals surface area contributed by atoms with Crippen LogP contribution in [0.1, 0.15) is 61.8 Å². The second kappa shape index (κ2) is 5.96. The Labute approximate surface area is 158 Å². The molecule has 0 bridgehead atoms. The van der Waals surface area contributed by atoms with Gasteiger partial charge in [0.25, 0.3) is 5.91 Å². The molecule has 1 aromatic carbocycles. The molecular formula is C21H27N3O3. The number of carbonyl (C=O) groups is 1. The van der Waals surface area contributed by atoms with Gasteiger partial charge in [-0.25, -0.2) is 4.79 Å². The lowest BCUT2D eigenvalue weighted by Gasteiger charge is -2.26. The first-order valence-electron chi connectivity index (χ1n) is 10.2. The minimum Gasteiger partial charge on any atom is -0.393 e. The van der Waals surface area contributed by atoms with Crippen molar-refractivity contribution >= 4 is 16.9 Å². The van der Waals surface area contributed by atoms with Crippen molar-refractivity contribution in [3.05, 3.63) is 34.2 Å². The van der Waals surface area contributed by atoms with E-state index >= 15 is 0 Å². The number of aliphatic hydroxyl groups is 1. The van der Waals surface area contributed by atoms with Crippen LogP contribution in [0.4, 0.5) is 0 Å². The fourth-order valence-electron chi connectivity index (χ4n) is 5.42. The topological polar surface area (TPSA) is 78.3 Å². The summed E-state index contributed by atoms with van der Waals surface area (Å²) in [6, 6.07) is 5.70. The van der Waals surface area contributed by atoms with Crippen molar-refractivity contribution in [1.82, 2.24) is 14.5 Å². The van der Waals surface area contributed by atoms with Crippen LogP contribution in [0.3, 0.4) is 0 Å². The van der Waals surface area contributed by atoms with E-state index in [-0.39, 0.29) is 23.7 Å². The number of imidazole rings is 1. The van der Waals surface area contributed by atoms with Crippen molar-refractivity contribution in [2.45, 2.75) is 57.6 Å². The van der Waals surface area contributed by atoms with Gasteiger partial charge in [-0.05, 0) is 68.1 Å². The molecule has 3 fully saturated rings. The molecule has 2 unspecified atom stereocenters. The molecule has 2 heterocycles. The number of H-pyrrole nitrogens is 1. The smallest absolute Gasteiger partial charge is 0.326 e. The summed E-state index contributed by atoms with van der Waals surface area (Å²) in [6.07, 6.45) is 5.24. The number of hydrogen-bond donors (Lipinski definition) is 2. The number of likely N-dealkylation sites (tertiary alicyclic amines) is 1. The number of amides is 1. The zero-order valence-electron chi connectivity index (χ0n) is 15.8. The molecule has 144 valence electrons. The first-order chi connectivity index (χ1) is 13.0. The summed E-state index contributed by atoms with van der Waals surface area (Å²) in [5.74, 6) is 0.754. The van der Waals surface area contributed by atoms with Gasteiger partial charge in [-0.3, -0.25) is 9.36 Å². The van der Waals surface area contributed by atoms with Gasteiger partial charge in [0.1, 0.15) is 0 Å². The molecule has 1 aliphatic heterocycles. The zero-order valence-corrected chi connectivity index (χ0v) is 15.8. The highest BCUT2D eigenvalue weighted by atomic mass is 16.3. The molecular weight excluding hydrogens is 342 g/mol. The molecule has 2 aromatic rings. The van der Waals surface area contributed by atoms with E-state index in [0.717, 1.165) is 56.2 Å². The molecule has 2 atom stereocenters. The summed E-state index contributed by atoms with van der Waals surface area (Å²) in [5, 5.41) is 9.73. The molecule has 2 aliphatic carbocycles. The van der Waals surface area contributed by atoms with E-state index in [1.165, 1.54) is 6.42 Å². The minimum atomic E-state index is -0.246. The van der Waals surface area contributed by atoms with Crippen LogP contribution in [0.15, 0.2) is 23.0 Å². The highest BCUT2D eigenvalue weighted by Gasteiger charge is 2.59. The number of nitrogens with one attached hydrogen (secondary N) is 1. The third kappa shape index (κ3) is 2.64. The van der Waals surface area contributed by atoms with E-state index in [4.69, 9.17) is 0 Å². The maximum Gasteiger partial charge on any atom is 0.326 e. The predicted octanol–water partition coefficient (Wildman–Crippen LogP) is 2.68. The Morgan fingerprint density at radius 2 is 2.07 bits per heavy atom. The number of nitrogens with zero attached hydrogens (tertiary/aromatic N) is 2. The third-order valence-corrected chi connectivity index (χ3v) is 7.29. The Hall–Kier alpha value is -2.08. The number of hydrogen-bond acceptors (Lipinski definition) is 3. The highest BCUT2D eigenvalue weighted by molar-refractivity contribution is 5.97. The molecule has 3 aliphatic rings. The number of rotatable bonds is 3. The van der Waals surface area contributed by atoms with Crippen molar-refractivity contribution in [1.29, 1.82) is 0 Å². The summed E-state index contributed by atoms with van der Waals surface area (Å²) in [7, 11) is 0. The molecule has 6 heteroatoms. The quantitative estimate of drug-likeness (QED) is 0.873. The fraction of sp³-hybridized carbons (Fsp3) is 0.619. The molecule has 6 nitrogen and oxygen atoms in total. The largest absolute Gasteiger partial charge is 0.393 e. The molecule has 2 saturated carbocycles. The molecule has 0 spiro atoms. The molecule has 5 rings (SSSR count). The Morgan fingerprint density at radius 1 is 1.30 bits per heavy atom. The second-order valence-electron chi connectivity index (χ2n) is 8.80. The second-order valence-corrected chi connectivity index (χ2v) is 8.80. The number of carbonyl (C=O) groups excluding carboxylic acids is 1. The summed E-state index contributed by atoms with van der Waals surface area (Å²) in [4.78, 5) is 30.4. The number of aromatic amines is 1. The van der Waals surface area contributed by atoms with Crippen LogP contribution in [0.2, 0.25) is 0 Å². The molecule has 2 N–H and O–H groups in total. The van der Waals surface area contributed by atoms with Crippen LogP contribution in [-0.2, 0) is 0 Å². The van der Waals surface area contributed by atoms with Gasteiger partial charge >= 0.3 is 5.69 Å². The van der Waals surface area contributed by atoms with Gasteiger partial charge in [0, 0.05) is 24.7 Å². The molecule has 1 amide bonds. The van der Waals surface area contributed by atoms with Crippen LogP contribution in [0.5, 0.6) is 0 Å². The number of fused-ring (bicyclic) bond motifs is 2. The Kier molecular flexibility index (Phi) is 3.76. The monoisotopic (exact) mass is 369 g/mol. The predicted molar refractivity (Wildman–Crippen MR) is 103 cm³/mol. The summed E-state index contributed by atoms with van der Waals surface area (Å²) in [5.41, 5.74) is 2.49. The minimum absolute atomic E-state index is 0.0753. The Bertz CT molecular complexity index is 949. The van der Waals surface area contributed by atoms with Gasteiger partial charge in [-0.1, -0.05) is 6.92 Å². The van der Waals surface area contributed by atoms with Crippen molar-refractivity contribution in [3.8, 4) is 0 Å². The van der Waals surface area contributed by atoms with Crippen molar-refractivity contribution in [3.63, 3.8) is 0 Å². The fourth-order valence-corrected chi connectivity index (χ4v) is 5.42. The Morgan fingerprint density at radius 3 is 2.78 bits per heavy atom. The van der Waals surface area contributed by atoms with Gasteiger partial charge in [0.15, 0.2) is 0 Å². The van der Waals surface area contributed by atoms with Crippen molar-refractivity contribution in [2.24, 2.45) is 11.3 Å². The van der Waals surface area contributed by atoms with Gasteiger partial charge in [-0.2, -0.15) is 0 Å². The lowest BCUT2D eigenvalue weighted by Crippen LogP contribution is -2.31. The van der Waals surface area contributed by atoms with E-state index in [0.29, 0.717) is 16.9 Å².